The number of benzene rings is 9. The number of hydrogen-bond acceptors (Lipinski definition) is 3. The van der Waals surface area contributed by atoms with Crippen molar-refractivity contribution in [3.63, 3.8) is 0 Å². The van der Waals surface area contributed by atoms with Gasteiger partial charge in [0.25, 0.3) is 0 Å². The van der Waals surface area contributed by atoms with Crippen LogP contribution in [0, 0.1) is 0 Å². The van der Waals surface area contributed by atoms with Crippen LogP contribution in [-0.2, 0) is 22.7 Å². The molecule has 3 aromatic heterocycles. The number of fused-ring (bicyclic) bond motifs is 13. The van der Waals surface area contributed by atoms with E-state index in [2.05, 4.69) is 253 Å². The number of nitrogens with zero attached hydrogens (tertiary/aromatic N) is 3. The number of thiophene rings is 1. The molecule has 0 fully saturated rings. The highest BCUT2D eigenvalue weighted by molar-refractivity contribution is 8.00. The SMILES string of the molecule is CCCCc1cc2c(cc1N1c3cc(-n4c5ccccc5c5cc(C(C)(C)C)ccc54)ccc3B3c4ccc(-n5c6ccccc6c6cc(C(C)(C)C)ccc65)cc4Sc4cc(C(C)(C)C)cc1c43)sc1ccccc12. The summed E-state index contributed by atoms with van der Waals surface area (Å²) in [6.07, 6.45) is 3.26. The van der Waals surface area contributed by atoms with Crippen LogP contribution in [0.25, 0.3) is 75.2 Å². The molecule has 0 saturated heterocycles. The van der Waals surface area contributed by atoms with Gasteiger partial charge in [-0.15, -0.1) is 11.3 Å². The van der Waals surface area contributed by atoms with Gasteiger partial charge in [-0.1, -0.05) is 172 Å². The Bertz CT molecular complexity index is 4390. The predicted octanol–water partition coefficient (Wildman–Crippen LogP) is 18.2. The number of anilines is 3. The Morgan fingerprint density at radius 2 is 0.987 bits per heavy atom. The monoisotopic (exact) mass is 1020 g/mol. The van der Waals surface area contributed by atoms with E-state index in [1.54, 1.807) is 0 Å². The van der Waals surface area contributed by atoms with Crippen LogP contribution < -0.4 is 21.3 Å². The van der Waals surface area contributed by atoms with Crippen LogP contribution in [0.15, 0.2) is 180 Å². The van der Waals surface area contributed by atoms with Crippen LogP contribution in [-0.4, -0.2) is 15.8 Å². The highest BCUT2D eigenvalue weighted by Crippen LogP contribution is 2.49. The summed E-state index contributed by atoms with van der Waals surface area (Å²) < 4.78 is 7.71. The number of para-hydroxylation sites is 2. The van der Waals surface area contributed by atoms with Gasteiger partial charge in [0.15, 0.2) is 0 Å². The van der Waals surface area contributed by atoms with Gasteiger partial charge in [-0.25, -0.2) is 0 Å². The number of unbranched alkanes of at least 4 members (excludes halogenated alkanes) is 1. The fourth-order valence-electron chi connectivity index (χ4n) is 12.7. The Balaban J connectivity index is 1.04. The number of hydrogen-bond donors (Lipinski definition) is 0. The largest absolute Gasteiger partial charge is 0.311 e. The third-order valence-electron chi connectivity index (χ3n) is 16.8. The maximum Gasteiger partial charge on any atom is 0.249 e. The molecule has 0 spiro atoms. The van der Waals surface area contributed by atoms with Crippen molar-refractivity contribution in [3.8, 4) is 11.4 Å². The maximum absolute atomic E-state index is 2.72. The quantitative estimate of drug-likeness (QED) is 0.154. The summed E-state index contributed by atoms with van der Waals surface area (Å²) in [6.45, 7) is 23.4. The minimum atomic E-state index is -0.0955. The zero-order valence-corrected chi connectivity index (χ0v) is 47.2. The summed E-state index contributed by atoms with van der Waals surface area (Å²) in [5.41, 5.74) is 20.7. The molecule has 2 aliphatic heterocycles. The molecule has 0 bridgehead atoms. The zero-order valence-electron chi connectivity index (χ0n) is 45.5. The molecule has 76 heavy (non-hydrogen) atoms. The summed E-state index contributed by atoms with van der Waals surface area (Å²) in [7, 11) is 0. The molecule has 2 aliphatic rings. The van der Waals surface area contributed by atoms with Crippen molar-refractivity contribution in [1.82, 2.24) is 9.13 Å². The molecule has 0 unspecified atom stereocenters. The normalized spacial score (nSPS) is 13.7. The second kappa shape index (κ2) is 17.0. The lowest BCUT2D eigenvalue weighted by Gasteiger charge is -2.42. The van der Waals surface area contributed by atoms with E-state index in [1.165, 1.54) is 141 Å². The van der Waals surface area contributed by atoms with Crippen molar-refractivity contribution < 1.29 is 0 Å². The highest BCUT2D eigenvalue weighted by Gasteiger charge is 2.43. The average molecular weight is 1020 g/mol. The van der Waals surface area contributed by atoms with Crippen LogP contribution in [0.1, 0.15) is 104 Å². The van der Waals surface area contributed by atoms with E-state index in [0.717, 1.165) is 19.3 Å². The third-order valence-corrected chi connectivity index (χ3v) is 19.1. The first-order valence-corrected chi connectivity index (χ1v) is 29.1. The lowest BCUT2D eigenvalue weighted by atomic mass is 9.34. The van der Waals surface area contributed by atoms with Gasteiger partial charge < -0.3 is 14.0 Å². The van der Waals surface area contributed by atoms with E-state index in [1.807, 2.05) is 23.1 Å². The van der Waals surface area contributed by atoms with Crippen molar-refractivity contribution in [3.05, 3.63) is 192 Å². The van der Waals surface area contributed by atoms with Gasteiger partial charge >= 0.3 is 0 Å². The summed E-state index contributed by atoms with van der Waals surface area (Å²) >= 11 is 3.89. The van der Waals surface area contributed by atoms with E-state index in [-0.39, 0.29) is 23.0 Å². The summed E-state index contributed by atoms with van der Waals surface area (Å²) in [4.78, 5) is 5.39. The van der Waals surface area contributed by atoms with Gasteiger partial charge in [0.05, 0.1) is 27.8 Å². The molecule has 0 amide bonds. The molecular formula is C70H64BN3S2. The van der Waals surface area contributed by atoms with Gasteiger partial charge in [0.2, 0.25) is 6.71 Å². The topological polar surface area (TPSA) is 13.1 Å². The van der Waals surface area contributed by atoms with Gasteiger partial charge in [0, 0.05) is 74.3 Å². The van der Waals surface area contributed by atoms with E-state index < -0.39 is 0 Å². The van der Waals surface area contributed by atoms with Crippen molar-refractivity contribution in [2.45, 2.75) is 115 Å². The Kier molecular flexibility index (Phi) is 10.6. The van der Waals surface area contributed by atoms with Crippen molar-refractivity contribution in [1.29, 1.82) is 0 Å². The first-order valence-electron chi connectivity index (χ1n) is 27.5. The van der Waals surface area contributed by atoms with Gasteiger partial charge in [0.1, 0.15) is 0 Å². The van der Waals surface area contributed by atoms with Gasteiger partial charge in [-0.2, -0.15) is 0 Å². The van der Waals surface area contributed by atoms with E-state index in [9.17, 15) is 0 Å². The minimum absolute atomic E-state index is 0.0248. The van der Waals surface area contributed by atoms with Crippen LogP contribution in [0.4, 0.5) is 17.1 Å². The summed E-state index contributed by atoms with van der Waals surface area (Å²) in [6, 6.07) is 66.3. The van der Waals surface area contributed by atoms with Crippen molar-refractivity contribution in [2.24, 2.45) is 0 Å². The van der Waals surface area contributed by atoms with Gasteiger partial charge in [-0.3, -0.25) is 0 Å². The Morgan fingerprint density at radius 3 is 1.61 bits per heavy atom. The van der Waals surface area contributed by atoms with Crippen LogP contribution in [0.5, 0.6) is 0 Å². The standard InChI is InChI=1S/C70H64BN3S2/c1-11-12-19-42-34-53-50-22-15-18-25-63(50)75-64(53)41-60(42)74-61-39-46(72-56-23-16-13-20-48(56)51-35-43(68(2,3)4)26-32-58(51)72)28-30-54(61)71-55-31-29-47(40-65(55)76-66-38-45(70(8,9)10)37-62(74)67(66)71)73-57-24-17-14-21-49(57)52-36-44(69(5,6)7)27-33-59(52)73/h13-18,20-41H,11-12,19H2,1-10H3. The van der Waals surface area contributed by atoms with Crippen molar-refractivity contribution >= 4 is 127 Å². The molecule has 14 rings (SSSR count). The number of aromatic nitrogens is 2. The number of aryl methyl sites for hydroxylation is 1. The molecule has 374 valence electrons. The van der Waals surface area contributed by atoms with E-state index in [4.69, 9.17) is 0 Å². The van der Waals surface area contributed by atoms with Gasteiger partial charge in [-0.05, 0) is 153 Å². The Morgan fingerprint density at radius 1 is 0.421 bits per heavy atom. The minimum Gasteiger partial charge on any atom is -0.311 e. The van der Waals surface area contributed by atoms with Crippen LogP contribution in [0.2, 0.25) is 0 Å². The van der Waals surface area contributed by atoms with E-state index in [0.29, 0.717) is 0 Å². The highest BCUT2D eigenvalue weighted by atomic mass is 32.2. The maximum atomic E-state index is 2.72. The average Bonchev–Trinajstić information content (AvgIpc) is 4.07. The lowest BCUT2D eigenvalue weighted by Crippen LogP contribution is -2.60. The molecule has 3 nitrogen and oxygen atoms in total. The second-order valence-electron chi connectivity index (χ2n) is 24.8. The van der Waals surface area contributed by atoms with E-state index >= 15 is 0 Å². The second-order valence-corrected chi connectivity index (χ2v) is 27.0. The predicted molar refractivity (Wildman–Crippen MR) is 333 cm³/mol. The van der Waals surface area contributed by atoms with Crippen molar-refractivity contribution in [2.75, 3.05) is 4.90 Å². The first-order chi connectivity index (χ1) is 36.5. The molecule has 0 atom stereocenters. The molecule has 0 saturated carbocycles. The number of rotatable bonds is 6. The fraction of sp³-hybridized carbons (Fsp3) is 0.229. The molecule has 0 radical (unpaired) electrons. The molecule has 12 aromatic rings. The summed E-state index contributed by atoms with van der Waals surface area (Å²) in [5.74, 6) is 0. The lowest BCUT2D eigenvalue weighted by molar-refractivity contribution is 0.589. The van der Waals surface area contributed by atoms with Crippen LogP contribution >= 0.6 is 23.1 Å². The molecule has 9 aromatic carbocycles. The smallest absolute Gasteiger partial charge is 0.249 e. The molecule has 0 aliphatic carbocycles. The van der Waals surface area contributed by atoms with Crippen LogP contribution in [0.3, 0.4) is 0 Å². The molecular weight excluding hydrogens is 958 g/mol. The fourth-order valence-corrected chi connectivity index (χ4v) is 15.1. The Labute approximate surface area is 456 Å². The molecule has 0 N–H and O–H groups in total. The first kappa shape index (κ1) is 47.5. The zero-order chi connectivity index (χ0) is 52.2. The Hall–Kier alpha value is -6.99. The molecule has 6 heteroatoms. The third kappa shape index (κ3) is 7.30. The molecule has 5 heterocycles. The summed E-state index contributed by atoms with van der Waals surface area (Å²) in [5, 5.41) is 7.90.